The summed E-state index contributed by atoms with van der Waals surface area (Å²) in [5.41, 5.74) is 2.51. The average Bonchev–Trinajstić information content (AvgIpc) is 3.07. The molecule has 1 unspecified atom stereocenters. The molecule has 3 aromatic rings. The highest BCUT2D eigenvalue weighted by Crippen LogP contribution is 2.36. The number of nitrogens with zero attached hydrogens (tertiary/aromatic N) is 1. The number of carbonyl (C=O) groups excluding carboxylic acids is 1. The molecule has 1 aliphatic rings. The highest BCUT2D eigenvalue weighted by Gasteiger charge is 2.31. The number of rotatable bonds is 7. The van der Waals surface area contributed by atoms with Gasteiger partial charge in [0.2, 0.25) is 0 Å². The van der Waals surface area contributed by atoms with E-state index in [-0.39, 0.29) is 24.4 Å². The van der Waals surface area contributed by atoms with Crippen molar-refractivity contribution in [1.29, 1.82) is 0 Å². The zero-order valence-corrected chi connectivity index (χ0v) is 18.4. The highest BCUT2D eigenvalue weighted by molar-refractivity contribution is 6.30. The van der Waals surface area contributed by atoms with Crippen LogP contribution in [0.2, 0.25) is 5.02 Å². The Morgan fingerprint density at radius 3 is 2.72 bits per heavy atom. The van der Waals surface area contributed by atoms with Gasteiger partial charge >= 0.3 is 5.97 Å². The third kappa shape index (κ3) is 4.43. The molecule has 0 radical (unpaired) electrons. The smallest absolute Gasteiger partial charge is 0.326 e. The molecule has 1 amide bonds. The predicted molar refractivity (Wildman–Crippen MR) is 120 cm³/mol. The Bertz CT molecular complexity index is 1160. The summed E-state index contributed by atoms with van der Waals surface area (Å²) < 4.78 is 21.4. The van der Waals surface area contributed by atoms with Crippen LogP contribution in [0.3, 0.4) is 0 Å². The van der Waals surface area contributed by atoms with Crippen molar-refractivity contribution >= 4 is 34.4 Å². The van der Waals surface area contributed by atoms with E-state index in [4.69, 9.17) is 16.3 Å². The number of halogens is 2. The molecular weight excluding hydrogens is 435 g/mol. The van der Waals surface area contributed by atoms with Gasteiger partial charge in [-0.2, -0.15) is 0 Å². The van der Waals surface area contributed by atoms with E-state index < -0.39 is 12.0 Å². The number of amides is 1. The van der Waals surface area contributed by atoms with Crippen molar-refractivity contribution in [3.8, 4) is 5.75 Å². The molecule has 2 aromatic carbocycles. The molecule has 0 aliphatic heterocycles. The Kier molecular flexibility index (Phi) is 6.37. The Hall–Kier alpha value is -3.06. The molecule has 6 nitrogen and oxygen atoms in total. The number of hydrogen-bond donors (Lipinski definition) is 2. The predicted octanol–water partition coefficient (Wildman–Crippen LogP) is 4.52. The van der Waals surface area contributed by atoms with E-state index >= 15 is 0 Å². The van der Waals surface area contributed by atoms with Crippen LogP contribution in [0.5, 0.6) is 5.75 Å². The number of aromatic nitrogens is 1. The van der Waals surface area contributed by atoms with Crippen LogP contribution in [-0.2, 0) is 22.4 Å². The number of carbonyl (C=O) groups is 2. The fraction of sp³-hybridized carbons (Fsp3) is 0.333. The first kappa shape index (κ1) is 22.1. The Balaban J connectivity index is 1.53. The molecule has 0 fully saturated rings. The first-order valence-electron chi connectivity index (χ1n) is 10.6. The van der Waals surface area contributed by atoms with Crippen molar-refractivity contribution in [3.05, 3.63) is 64.6 Å². The number of fused-ring (bicyclic) bond motifs is 3. The molecule has 168 valence electrons. The van der Waals surface area contributed by atoms with Gasteiger partial charge in [-0.05, 0) is 73.7 Å². The summed E-state index contributed by atoms with van der Waals surface area (Å²) in [6.45, 7) is 1.70. The second-order valence-electron chi connectivity index (χ2n) is 7.97. The minimum atomic E-state index is -0.911. The number of hydrogen-bond acceptors (Lipinski definition) is 3. The van der Waals surface area contributed by atoms with E-state index in [2.05, 4.69) is 5.32 Å². The SMILES string of the molecule is CCC(C(=O)O)n1c2c(c3cc(F)ccc31)C[C@H](NC(=O)COc1ccc(Cl)cc1)CC2. The Morgan fingerprint density at radius 1 is 1.28 bits per heavy atom. The van der Waals surface area contributed by atoms with Gasteiger partial charge in [-0.1, -0.05) is 18.5 Å². The van der Waals surface area contributed by atoms with E-state index in [1.165, 1.54) is 12.1 Å². The molecular formula is C24H24ClFN2O4. The number of aliphatic carboxylic acids is 1. The van der Waals surface area contributed by atoms with Crippen molar-refractivity contribution in [2.45, 2.75) is 44.7 Å². The number of carboxylic acids is 1. The van der Waals surface area contributed by atoms with Crippen LogP contribution >= 0.6 is 11.6 Å². The normalized spacial score (nSPS) is 16.4. The van der Waals surface area contributed by atoms with Crippen LogP contribution in [0.4, 0.5) is 4.39 Å². The van der Waals surface area contributed by atoms with Crippen molar-refractivity contribution in [2.24, 2.45) is 0 Å². The molecule has 1 aliphatic carbocycles. The zero-order valence-electron chi connectivity index (χ0n) is 17.6. The van der Waals surface area contributed by atoms with Crippen molar-refractivity contribution in [1.82, 2.24) is 9.88 Å². The summed E-state index contributed by atoms with van der Waals surface area (Å²) in [6.07, 6.45) is 2.18. The molecule has 2 N–H and O–H groups in total. The quantitative estimate of drug-likeness (QED) is 0.545. The van der Waals surface area contributed by atoms with E-state index in [0.29, 0.717) is 47.4 Å². The lowest BCUT2D eigenvalue weighted by Gasteiger charge is -2.26. The van der Waals surface area contributed by atoms with Crippen molar-refractivity contribution in [2.75, 3.05) is 6.61 Å². The summed E-state index contributed by atoms with van der Waals surface area (Å²) in [5.74, 6) is -0.983. The average molecular weight is 459 g/mol. The van der Waals surface area contributed by atoms with Crippen LogP contribution in [0, 0.1) is 5.82 Å². The lowest BCUT2D eigenvalue weighted by atomic mass is 9.91. The van der Waals surface area contributed by atoms with Gasteiger partial charge in [0.05, 0.1) is 0 Å². The van der Waals surface area contributed by atoms with Crippen molar-refractivity contribution in [3.63, 3.8) is 0 Å². The molecule has 0 bridgehead atoms. The summed E-state index contributed by atoms with van der Waals surface area (Å²) in [6, 6.07) is 10.3. The van der Waals surface area contributed by atoms with Crippen LogP contribution in [0.15, 0.2) is 42.5 Å². The topological polar surface area (TPSA) is 80.6 Å². The van der Waals surface area contributed by atoms with Gasteiger partial charge in [0, 0.05) is 27.7 Å². The van der Waals surface area contributed by atoms with Gasteiger partial charge in [0.25, 0.3) is 5.91 Å². The second kappa shape index (κ2) is 9.20. The maximum Gasteiger partial charge on any atom is 0.326 e. The van der Waals surface area contributed by atoms with Crippen LogP contribution in [0.25, 0.3) is 10.9 Å². The summed E-state index contributed by atoms with van der Waals surface area (Å²) >= 11 is 5.85. The molecule has 0 saturated heterocycles. The van der Waals surface area contributed by atoms with Gasteiger partial charge in [-0.3, -0.25) is 4.79 Å². The lowest BCUT2D eigenvalue weighted by Crippen LogP contribution is -2.41. The Morgan fingerprint density at radius 2 is 2.03 bits per heavy atom. The molecule has 1 aromatic heterocycles. The third-order valence-corrected chi connectivity index (χ3v) is 6.15. The van der Waals surface area contributed by atoms with Gasteiger partial charge in [-0.25, -0.2) is 9.18 Å². The molecule has 4 rings (SSSR count). The monoisotopic (exact) mass is 458 g/mol. The van der Waals surface area contributed by atoms with E-state index in [1.807, 2.05) is 11.5 Å². The van der Waals surface area contributed by atoms with E-state index in [1.54, 1.807) is 30.3 Å². The van der Waals surface area contributed by atoms with E-state index in [0.717, 1.165) is 11.3 Å². The molecule has 0 saturated carbocycles. The van der Waals surface area contributed by atoms with Crippen LogP contribution in [-0.4, -0.2) is 34.2 Å². The summed E-state index contributed by atoms with van der Waals surface area (Å²) in [5, 5.41) is 14.0. The molecule has 2 atom stereocenters. The first-order valence-corrected chi connectivity index (χ1v) is 11.0. The molecule has 0 spiro atoms. The van der Waals surface area contributed by atoms with Crippen LogP contribution < -0.4 is 10.1 Å². The van der Waals surface area contributed by atoms with Crippen LogP contribution in [0.1, 0.15) is 37.1 Å². The van der Waals surface area contributed by atoms with Gasteiger partial charge in [0.15, 0.2) is 6.61 Å². The standard InChI is InChI=1S/C24H24ClFN2O4/c1-2-20(24(30)31)28-21-9-5-15(26)11-18(21)19-12-16(6-10-22(19)28)27-23(29)13-32-17-7-3-14(25)4-8-17/h3-5,7-9,11,16,20H,2,6,10,12-13H2,1H3,(H,27,29)(H,30,31)/t16-,20?/m1/s1. The van der Waals surface area contributed by atoms with Crippen molar-refractivity contribution < 1.29 is 23.8 Å². The fourth-order valence-corrected chi connectivity index (χ4v) is 4.59. The number of nitrogens with one attached hydrogen (secondary N) is 1. The Labute approximate surface area is 189 Å². The van der Waals surface area contributed by atoms with Gasteiger partial charge in [-0.15, -0.1) is 0 Å². The highest BCUT2D eigenvalue weighted by atomic mass is 35.5. The number of benzene rings is 2. The minimum Gasteiger partial charge on any atom is -0.484 e. The number of carboxylic acid groups (broad SMARTS) is 1. The first-order chi connectivity index (χ1) is 15.4. The van der Waals surface area contributed by atoms with Gasteiger partial charge in [0.1, 0.15) is 17.6 Å². The fourth-order valence-electron chi connectivity index (χ4n) is 4.46. The van der Waals surface area contributed by atoms with E-state index in [9.17, 15) is 19.1 Å². The number of ether oxygens (including phenoxy) is 1. The minimum absolute atomic E-state index is 0.127. The zero-order chi connectivity index (χ0) is 22.8. The molecule has 1 heterocycles. The molecule has 32 heavy (non-hydrogen) atoms. The summed E-state index contributed by atoms with van der Waals surface area (Å²) in [7, 11) is 0. The maximum absolute atomic E-state index is 14.0. The molecule has 8 heteroatoms. The lowest BCUT2D eigenvalue weighted by molar-refractivity contribution is -0.141. The maximum atomic E-state index is 14.0. The summed E-state index contributed by atoms with van der Waals surface area (Å²) in [4.78, 5) is 24.3. The largest absolute Gasteiger partial charge is 0.484 e. The third-order valence-electron chi connectivity index (χ3n) is 5.89. The second-order valence-corrected chi connectivity index (χ2v) is 8.41. The van der Waals surface area contributed by atoms with Gasteiger partial charge < -0.3 is 19.7 Å².